The largest absolute Gasteiger partial charge is 0.144 e. The van der Waals surface area contributed by atoms with Crippen LogP contribution in [0.5, 0.6) is 0 Å². The van der Waals surface area contributed by atoms with Gasteiger partial charge < -0.3 is 0 Å². The molecule has 1 atom stereocenters. The third-order valence-electron chi connectivity index (χ3n) is 2.52. The van der Waals surface area contributed by atoms with Crippen LogP contribution in [0, 0.1) is 0 Å². The molecule has 0 aliphatic heterocycles. The standard InChI is InChI=1S/C13H11Br2ClS/c1-2-9-4-6-12(17-9)13(15)8-3-5-11(16)10(14)7-8/h3-7,13H,2H2,1H3. The summed E-state index contributed by atoms with van der Waals surface area (Å²) in [5, 5.41) is 0.744. The lowest BCUT2D eigenvalue weighted by atomic mass is 10.1. The van der Waals surface area contributed by atoms with Crippen molar-refractivity contribution in [3.05, 3.63) is 55.1 Å². The molecule has 4 heteroatoms. The van der Waals surface area contributed by atoms with Gasteiger partial charge in [-0.15, -0.1) is 11.3 Å². The van der Waals surface area contributed by atoms with Gasteiger partial charge in [0.05, 0.1) is 9.85 Å². The summed E-state index contributed by atoms with van der Waals surface area (Å²) < 4.78 is 0.938. The van der Waals surface area contributed by atoms with Crippen molar-refractivity contribution in [3.63, 3.8) is 0 Å². The molecule has 0 nitrogen and oxygen atoms in total. The number of aryl methyl sites for hydroxylation is 1. The van der Waals surface area contributed by atoms with Crippen LogP contribution in [0.4, 0.5) is 0 Å². The highest BCUT2D eigenvalue weighted by Gasteiger charge is 2.13. The van der Waals surface area contributed by atoms with Gasteiger partial charge in [-0.2, -0.15) is 0 Å². The minimum Gasteiger partial charge on any atom is -0.144 e. The van der Waals surface area contributed by atoms with E-state index in [1.54, 1.807) is 0 Å². The number of alkyl halides is 1. The molecule has 0 fully saturated rings. The normalized spacial score (nSPS) is 12.7. The van der Waals surface area contributed by atoms with Crippen molar-refractivity contribution in [2.75, 3.05) is 0 Å². The zero-order chi connectivity index (χ0) is 12.4. The average Bonchev–Trinajstić information content (AvgIpc) is 2.80. The maximum absolute atomic E-state index is 6.00. The molecule has 1 aromatic heterocycles. The summed E-state index contributed by atoms with van der Waals surface area (Å²) in [4.78, 5) is 2.98. The number of halogens is 3. The highest BCUT2D eigenvalue weighted by Crippen LogP contribution is 2.37. The quantitative estimate of drug-likeness (QED) is 0.543. The lowest BCUT2D eigenvalue weighted by molar-refractivity contribution is 1.19. The van der Waals surface area contributed by atoms with Crippen LogP contribution < -0.4 is 0 Å². The van der Waals surface area contributed by atoms with Crippen molar-refractivity contribution in [2.45, 2.75) is 18.2 Å². The van der Waals surface area contributed by atoms with Crippen molar-refractivity contribution in [2.24, 2.45) is 0 Å². The van der Waals surface area contributed by atoms with E-state index in [1.165, 1.54) is 15.3 Å². The van der Waals surface area contributed by atoms with Crippen LogP contribution >= 0.6 is 54.8 Å². The Morgan fingerprint density at radius 1 is 1.29 bits per heavy atom. The van der Waals surface area contributed by atoms with E-state index in [9.17, 15) is 0 Å². The van der Waals surface area contributed by atoms with Gasteiger partial charge in [0.1, 0.15) is 0 Å². The Morgan fingerprint density at radius 2 is 2.06 bits per heavy atom. The van der Waals surface area contributed by atoms with Gasteiger partial charge in [0.15, 0.2) is 0 Å². The Kier molecular flexibility index (Phi) is 4.70. The van der Waals surface area contributed by atoms with Crippen molar-refractivity contribution in [1.82, 2.24) is 0 Å². The minimum absolute atomic E-state index is 0.237. The third kappa shape index (κ3) is 3.14. The highest BCUT2D eigenvalue weighted by molar-refractivity contribution is 9.10. The summed E-state index contributed by atoms with van der Waals surface area (Å²) in [7, 11) is 0. The number of benzene rings is 1. The van der Waals surface area contributed by atoms with E-state index in [1.807, 2.05) is 17.4 Å². The molecule has 0 aliphatic rings. The number of hydrogen-bond acceptors (Lipinski definition) is 1. The summed E-state index contributed by atoms with van der Waals surface area (Å²) in [6.07, 6.45) is 1.09. The Hall–Kier alpha value is 0.170. The molecule has 90 valence electrons. The summed E-state index contributed by atoms with van der Waals surface area (Å²) in [6, 6.07) is 10.4. The third-order valence-corrected chi connectivity index (χ3v) is 6.35. The Balaban J connectivity index is 2.29. The lowest BCUT2D eigenvalue weighted by Gasteiger charge is -2.09. The number of hydrogen-bond donors (Lipinski definition) is 0. The molecule has 0 N–H and O–H groups in total. The van der Waals surface area contributed by atoms with Crippen LogP contribution in [0.3, 0.4) is 0 Å². The van der Waals surface area contributed by atoms with Gasteiger partial charge in [0.2, 0.25) is 0 Å². The second-order valence-corrected chi connectivity index (χ2v) is 7.07. The van der Waals surface area contributed by atoms with Crippen molar-refractivity contribution >= 4 is 54.8 Å². The van der Waals surface area contributed by atoms with Crippen molar-refractivity contribution < 1.29 is 0 Å². The van der Waals surface area contributed by atoms with E-state index in [-0.39, 0.29) is 4.83 Å². The molecule has 0 amide bonds. The Morgan fingerprint density at radius 3 is 2.65 bits per heavy atom. The predicted octanol–water partition coefficient (Wildman–Crippen LogP) is 6.21. The van der Waals surface area contributed by atoms with Gasteiger partial charge in [-0.25, -0.2) is 0 Å². The molecule has 1 unspecified atom stereocenters. The van der Waals surface area contributed by atoms with Gasteiger partial charge in [0, 0.05) is 14.2 Å². The molecule has 1 aromatic carbocycles. The van der Waals surface area contributed by atoms with Crippen LogP contribution in [-0.2, 0) is 6.42 Å². The van der Waals surface area contributed by atoms with Gasteiger partial charge >= 0.3 is 0 Å². The molecular weight excluding hydrogens is 383 g/mol. The van der Waals surface area contributed by atoms with Gasteiger partial charge in [-0.1, -0.05) is 40.5 Å². The molecule has 2 aromatic rings. The fourth-order valence-electron chi connectivity index (χ4n) is 1.56. The van der Waals surface area contributed by atoms with E-state index >= 15 is 0 Å². The first-order valence-corrected chi connectivity index (χ1v) is 8.19. The van der Waals surface area contributed by atoms with Crippen LogP contribution in [0.1, 0.15) is 27.1 Å². The summed E-state index contributed by atoms with van der Waals surface area (Å²) >= 11 is 15.0. The van der Waals surface area contributed by atoms with Crippen LogP contribution in [0.25, 0.3) is 0 Å². The maximum atomic E-state index is 6.00. The fourth-order valence-corrected chi connectivity index (χ4v) is 3.75. The molecule has 0 radical (unpaired) electrons. The molecule has 0 saturated carbocycles. The predicted molar refractivity (Wildman–Crippen MR) is 83.6 cm³/mol. The monoisotopic (exact) mass is 392 g/mol. The molecule has 1 heterocycles. The second-order valence-electron chi connectivity index (χ2n) is 3.69. The minimum atomic E-state index is 0.237. The van der Waals surface area contributed by atoms with E-state index in [2.05, 4.69) is 63.0 Å². The zero-order valence-corrected chi connectivity index (χ0v) is 14.0. The molecule has 0 bridgehead atoms. The average molecular weight is 395 g/mol. The first kappa shape index (κ1) is 13.6. The second kappa shape index (κ2) is 5.87. The van der Waals surface area contributed by atoms with Crippen molar-refractivity contribution in [3.8, 4) is 0 Å². The summed E-state index contributed by atoms with van der Waals surface area (Å²) in [5.41, 5.74) is 1.21. The Bertz CT molecular complexity index is 522. The molecule has 0 saturated heterocycles. The van der Waals surface area contributed by atoms with Crippen molar-refractivity contribution in [1.29, 1.82) is 0 Å². The number of rotatable bonds is 3. The first-order chi connectivity index (χ1) is 8.11. The maximum Gasteiger partial charge on any atom is 0.0738 e. The van der Waals surface area contributed by atoms with Crippen LogP contribution in [0.15, 0.2) is 34.8 Å². The molecular formula is C13H11Br2ClS. The lowest BCUT2D eigenvalue weighted by Crippen LogP contribution is -1.89. The van der Waals surface area contributed by atoms with Gasteiger partial charge in [-0.05, 0) is 52.2 Å². The van der Waals surface area contributed by atoms with Crippen LogP contribution in [0.2, 0.25) is 5.02 Å². The molecule has 2 rings (SSSR count). The van der Waals surface area contributed by atoms with E-state index in [4.69, 9.17) is 11.6 Å². The molecule has 0 aliphatic carbocycles. The van der Waals surface area contributed by atoms with Gasteiger partial charge in [-0.3, -0.25) is 0 Å². The Labute approximate surface area is 127 Å². The highest BCUT2D eigenvalue weighted by atomic mass is 79.9. The van der Waals surface area contributed by atoms with E-state index in [0.717, 1.165) is 15.9 Å². The topological polar surface area (TPSA) is 0 Å². The van der Waals surface area contributed by atoms with Crippen LogP contribution in [-0.4, -0.2) is 0 Å². The van der Waals surface area contributed by atoms with Gasteiger partial charge in [0.25, 0.3) is 0 Å². The first-order valence-electron chi connectivity index (χ1n) is 5.29. The van der Waals surface area contributed by atoms with E-state index < -0.39 is 0 Å². The summed E-state index contributed by atoms with van der Waals surface area (Å²) in [6.45, 7) is 2.18. The fraction of sp³-hybridized carbons (Fsp3) is 0.231. The molecule has 17 heavy (non-hydrogen) atoms. The van der Waals surface area contributed by atoms with E-state index in [0.29, 0.717) is 0 Å². The SMILES string of the molecule is CCc1ccc(C(Br)c2ccc(Cl)c(Br)c2)s1. The summed E-state index contributed by atoms with van der Waals surface area (Å²) in [5.74, 6) is 0. The molecule has 0 spiro atoms. The number of thiophene rings is 1. The smallest absolute Gasteiger partial charge is 0.0738 e. The zero-order valence-electron chi connectivity index (χ0n) is 9.21.